The molecule has 1 aromatic carbocycles. The minimum Gasteiger partial charge on any atom is -0.373 e. The van der Waals surface area contributed by atoms with E-state index >= 15 is 0 Å². The van der Waals surface area contributed by atoms with E-state index in [1.165, 1.54) is 6.33 Å². The Balaban J connectivity index is 2.79. The number of nitrogens with one attached hydrogen (secondary N) is 1. The molecular weight excluding hydrogens is 161 g/mol. The van der Waals surface area contributed by atoms with Gasteiger partial charge in [-0.05, 0) is 6.07 Å². The Morgan fingerprint density at radius 3 is 2.92 bits per heavy atom. The Hall–Kier alpha value is -1.58. The van der Waals surface area contributed by atoms with Crippen LogP contribution in [0.4, 0.5) is 5.82 Å². The van der Waals surface area contributed by atoms with Gasteiger partial charge in [-0.15, -0.1) is 0 Å². The van der Waals surface area contributed by atoms with Crippen LogP contribution in [0.2, 0.25) is 0 Å². The second kappa shape index (κ2) is 3.05. The van der Waals surface area contributed by atoms with E-state index in [0.717, 1.165) is 22.2 Å². The van der Waals surface area contributed by atoms with Gasteiger partial charge in [-0.2, -0.15) is 0 Å². The number of nitrogens with zero attached hydrogens (tertiary/aromatic N) is 2. The summed E-state index contributed by atoms with van der Waals surface area (Å²) < 4.78 is 0. The minimum atomic E-state index is 0.721. The second-order valence-corrected chi connectivity index (χ2v) is 2.75. The predicted molar refractivity (Wildman–Crippen MR) is 54.5 cm³/mol. The van der Waals surface area contributed by atoms with Crippen molar-refractivity contribution in [1.82, 2.24) is 9.97 Å². The van der Waals surface area contributed by atoms with Crippen LogP contribution in [0.3, 0.4) is 0 Å². The molecule has 2 radical (unpaired) electrons. The summed E-state index contributed by atoms with van der Waals surface area (Å²) in [6.45, 7) is 0. The van der Waals surface area contributed by atoms with E-state index in [-0.39, 0.29) is 0 Å². The summed E-state index contributed by atoms with van der Waals surface area (Å²) in [7, 11) is 7.49. The predicted octanol–water partition coefficient (Wildman–Crippen LogP) is 0.465. The van der Waals surface area contributed by atoms with Crippen molar-refractivity contribution in [3.63, 3.8) is 0 Å². The van der Waals surface area contributed by atoms with Gasteiger partial charge in [-0.3, -0.25) is 0 Å². The number of hydrogen-bond donors (Lipinski definition) is 1. The largest absolute Gasteiger partial charge is 0.373 e. The molecule has 0 atom stereocenters. The lowest BCUT2D eigenvalue weighted by Crippen LogP contribution is -2.03. The summed E-state index contributed by atoms with van der Waals surface area (Å²) >= 11 is 0. The molecule has 0 amide bonds. The maximum absolute atomic E-state index is 5.66. The second-order valence-electron chi connectivity index (χ2n) is 2.75. The van der Waals surface area contributed by atoms with Crippen molar-refractivity contribution >= 4 is 30.0 Å². The Morgan fingerprint density at radius 1 is 1.31 bits per heavy atom. The fourth-order valence-electron chi connectivity index (χ4n) is 1.27. The first kappa shape index (κ1) is 8.04. The molecule has 62 valence electrons. The molecule has 1 aromatic heterocycles. The molecule has 0 aliphatic carbocycles. The summed E-state index contributed by atoms with van der Waals surface area (Å²) in [4.78, 5) is 8.21. The molecule has 3 nitrogen and oxygen atoms in total. The van der Waals surface area contributed by atoms with Crippen LogP contribution in [0, 0.1) is 0 Å². The Kier molecular flexibility index (Phi) is 1.89. The molecule has 0 bridgehead atoms. The quantitative estimate of drug-likeness (QED) is 0.630. The Bertz CT molecular complexity index is 442. The topological polar surface area (TPSA) is 37.8 Å². The number of benzene rings is 1. The third-order valence-corrected chi connectivity index (χ3v) is 1.90. The van der Waals surface area contributed by atoms with Crippen LogP contribution in [0.1, 0.15) is 0 Å². The zero-order valence-corrected chi connectivity index (χ0v) is 7.28. The molecule has 0 fully saturated rings. The van der Waals surface area contributed by atoms with Crippen LogP contribution in [-0.2, 0) is 0 Å². The van der Waals surface area contributed by atoms with Crippen LogP contribution < -0.4 is 10.8 Å². The summed E-state index contributed by atoms with van der Waals surface area (Å²) in [5.74, 6) is 0.803. The van der Waals surface area contributed by atoms with E-state index in [4.69, 9.17) is 7.85 Å². The Morgan fingerprint density at radius 2 is 2.15 bits per heavy atom. The molecule has 1 heterocycles. The van der Waals surface area contributed by atoms with Crippen molar-refractivity contribution in [2.24, 2.45) is 0 Å². The third kappa shape index (κ3) is 1.35. The van der Waals surface area contributed by atoms with Gasteiger partial charge in [0, 0.05) is 12.4 Å². The van der Waals surface area contributed by atoms with Crippen molar-refractivity contribution < 1.29 is 0 Å². The smallest absolute Gasteiger partial charge is 0.137 e. The average molecular weight is 169 g/mol. The first-order valence-corrected chi connectivity index (χ1v) is 3.99. The zero-order valence-electron chi connectivity index (χ0n) is 7.28. The highest BCUT2D eigenvalue weighted by Crippen LogP contribution is 2.16. The van der Waals surface area contributed by atoms with Gasteiger partial charge in [0.2, 0.25) is 0 Å². The van der Waals surface area contributed by atoms with Crippen LogP contribution in [-0.4, -0.2) is 24.9 Å². The van der Waals surface area contributed by atoms with E-state index in [1.54, 1.807) is 0 Å². The van der Waals surface area contributed by atoms with Gasteiger partial charge in [0.15, 0.2) is 0 Å². The molecule has 0 aliphatic heterocycles. The van der Waals surface area contributed by atoms with Gasteiger partial charge in [0.05, 0.1) is 5.52 Å². The lowest BCUT2D eigenvalue weighted by Gasteiger charge is -2.03. The zero-order chi connectivity index (χ0) is 9.26. The van der Waals surface area contributed by atoms with Crippen molar-refractivity contribution in [2.75, 3.05) is 12.4 Å². The number of anilines is 1. The fourth-order valence-corrected chi connectivity index (χ4v) is 1.27. The van der Waals surface area contributed by atoms with Crippen LogP contribution in [0.25, 0.3) is 10.9 Å². The maximum atomic E-state index is 5.66. The summed E-state index contributed by atoms with van der Waals surface area (Å²) in [6.07, 6.45) is 1.53. The minimum absolute atomic E-state index is 0.721. The van der Waals surface area contributed by atoms with Crippen LogP contribution in [0.5, 0.6) is 0 Å². The summed E-state index contributed by atoms with van der Waals surface area (Å²) in [5.41, 5.74) is 1.62. The average Bonchev–Trinajstić information content (AvgIpc) is 2.17. The van der Waals surface area contributed by atoms with Crippen molar-refractivity contribution in [3.05, 3.63) is 24.5 Å². The molecule has 2 aromatic rings. The van der Waals surface area contributed by atoms with Crippen LogP contribution >= 0.6 is 0 Å². The number of rotatable bonds is 1. The first-order chi connectivity index (χ1) is 6.31. The molecule has 0 saturated heterocycles. The molecule has 0 spiro atoms. The summed E-state index contributed by atoms with van der Waals surface area (Å²) in [5, 5.41) is 3.94. The maximum Gasteiger partial charge on any atom is 0.137 e. The Labute approximate surface area is 77.6 Å². The standard InChI is InChI=1S/C9H8BN3/c1-11-9-7-4-6(10)2-3-8(7)12-5-13-9/h2-5H,1H3,(H,11,12,13). The molecule has 0 aliphatic rings. The first-order valence-electron chi connectivity index (χ1n) is 3.99. The molecular formula is C9H8BN3. The van der Waals surface area contributed by atoms with E-state index in [1.807, 2.05) is 25.2 Å². The molecule has 4 heteroatoms. The monoisotopic (exact) mass is 169 g/mol. The highest BCUT2D eigenvalue weighted by Gasteiger charge is 2.00. The lowest BCUT2D eigenvalue weighted by molar-refractivity contribution is 1.21. The molecule has 0 unspecified atom stereocenters. The van der Waals surface area contributed by atoms with E-state index in [2.05, 4.69) is 15.3 Å². The van der Waals surface area contributed by atoms with Gasteiger partial charge < -0.3 is 5.32 Å². The summed E-state index contributed by atoms with van der Waals surface area (Å²) in [6, 6.07) is 5.57. The fraction of sp³-hybridized carbons (Fsp3) is 0.111. The van der Waals surface area contributed by atoms with Gasteiger partial charge in [0.25, 0.3) is 0 Å². The van der Waals surface area contributed by atoms with Crippen molar-refractivity contribution in [3.8, 4) is 0 Å². The highest BCUT2D eigenvalue weighted by molar-refractivity contribution is 6.33. The van der Waals surface area contributed by atoms with Crippen LogP contribution in [0.15, 0.2) is 24.5 Å². The van der Waals surface area contributed by atoms with Gasteiger partial charge >= 0.3 is 0 Å². The van der Waals surface area contributed by atoms with E-state index in [9.17, 15) is 0 Å². The SMILES string of the molecule is [B]c1ccc2ncnc(NC)c2c1. The third-order valence-electron chi connectivity index (χ3n) is 1.90. The van der Waals surface area contributed by atoms with E-state index in [0.29, 0.717) is 0 Å². The molecule has 13 heavy (non-hydrogen) atoms. The molecule has 0 saturated carbocycles. The number of hydrogen-bond acceptors (Lipinski definition) is 3. The number of aromatic nitrogens is 2. The highest BCUT2D eigenvalue weighted by atomic mass is 15.0. The van der Waals surface area contributed by atoms with Gasteiger partial charge in [0.1, 0.15) is 20.0 Å². The molecule has 2 rings (SSSR count). The van der Waals surface area contributed by atoms with Crippen molar-refractivity contribution in [1.29, 1.82) is 0 Å². The van der Waals surface area contributed by atoms with Crippen molar-refractivity contribution in [2.45, 2.75) is 0 Å². The van der Waals surface area contributed by atoms with Gasteiger partial charge in [-0.25, -0.2) is 9.97 Å². The molecule has 1 N–H and O–H groups in total. The van der Waals surface area contributed by atoms with Gasteiger partial charge in [-0.1, -0.05) is 17.6 Å². The normalized spacial score (nSPS) is 10.2. The lowest BCUT2D eigenvalue weighted by atomic mass is 9.95. The number of fused-ring (bicyclic) bond motifs is 1. The van der Waals surface area contributed by atoms with E-state index < -0.39 is 0 Å².